The van der Waals surface area contributed by atoms with E-state index in [0.29, 0.717) is 22.1 Å². The van der Waals surface area contributed by atoms with Gasteiger partial charge < -0.3 is 0 Å². The predicted octanol–water partition coefficient (Wildman–Crippen LogP) is 3.79. The van der Waals surface area contributed by atoms with E-state index in [1.165, 1.54) is 22.0 Å². The fraction of sp³-hybridized carbons (Fsp3) is 0.579. The van der Waals surface area contributed by atoms with Crippen molar-refractivity contribution in [2.45, 2.75) is 57.8 Å². The van der Waals surface area contributed by atoms with E-state index in [4.69, 9.17) is 0 Å². The Hall–Kier alpha value is -1.28. The number of nitrogens with zero attached hydrogens (tertiary/aromatic N) is 2. The molecule has 0 aromatic heterocycles. The Labute approximate surface area is 176 Å². The zero-order valence-corrected chi connectivity index (χ0v) is 18.4. The second kappa shape index (κ2) is 10.9. The first-order valence-electron chi connectivity index (χ1n) is 9.38. The highest BCUT2D eigenvalue weighted by Crippen LogP contribution is 2.20. The van der Waals surface area contributed by atoms with Crippen LogP contribution < -0.4 is 0 Å². The van der Waals surface area contributed by atoms with Gasteiger partial charge in [-0.25, -0.2) is 0 Å². The molecule has 6 nitrogen and oxygen atoms in total. The Morgan fingerprint density at radius 1 is 0.556 bits per heavy atom. The lowest BCUT2D eigenvalue weighted by Crippen LogP contribution is -2.31. The maximum atomic E-state index is 11.7. The van der Waals surface area contributed by atoms with Crippen molar-refractivity contribution in [3.8, 4) is 0 Å². The Kier molecular flexibility index (Phi) is 8.89. The Morgan fingerprint density at radius 3 is 1.11 bits per heavy atom. The largest absolute Gasteiger partial charge is 0.274 e. The van der Waals surface area contributed by atoms with E-state index in [9.17, 15) is 19.2 Å². The van der Waals surface area contributed by atoms with Crippen molar-refractivity contribution in [3.63, 3.8) is 0 Å². The standard InChI is InChI=1S/C19H24Br2N2O4/c20-14-12-16(24)22(18(14)26)10-8-6-4-2-1-3-5-7-9-11-23-17(25)13-15(21)19(23)27/h12-13H,1-11H2. The topological polar surface area (TPSA) is 74.8 Å². The Morgan fingerprint density at radius 2 is 0.852 bits per heavy atom. The van der Waals surface area contributed by atoms with Crippen molar-refractivity contribution in [3.05, 3.63) is 21.1 Å². The summed E-state index contributed by atoms with van der Waals surface area (Å²) in [5.41, 5.74) is 0. The molecule has 0 atom stereocenters. The minimum absolute atomic E-state index is 0.229. The number of unbranched alkanes of at least 4 members (excludes halogenated alkanes) is 8. The molecule has 2 aliphatic rings. The van der Waals surface area contributed by atoms with Crippen LogP contribution in [0.4, 0.5) is 0 Å². The SMILES string of the molecule is O=C1C=C(Br)C(=O)N1CCCCCCCCCCCN1C(=O)C=C(Br)C1=O. The number of hydrogen-bond donors (Lipinski definition) is 0. The maximum Gasteiger partial charge on any atom is 0.267 e. The molecule has 0 saturated carbocycles. The van der Waals surface area contributed by atoms with Crippen molar-refractivity contribution in [2.24, 2.45) is 0 Å². The monoisotopic (exact) mass is 502 g/mol. The zero-order chi connectivity index (χ0) is 19.8. The van der Waals surface area contributed by atoms with Crippen LogP contribution in [0.25, 0.3) is 0 Å². The average molecular weight is 504 g/mol. The summed E-state index contributed by atoms with van der Waals surface area (Å²) in [5, 5.41) is 0. The second-order valence-corrected chi connectivity index (χ2v) is 8.47. The molecule has 0 spiro atoms. The lowest BCUT2D eigenvalue weighted by Gasteiger charge is -2.14. The summed E-state index contributed by atoms with van der Waals surface area (Å²) in [4.78, 5) is 49.1. The molecule has 8 heteroatoms. The van der Waals surface area contributed by atoms with Gasteiger partial charge in [0, 0.05) is 25.2 Å². The normalized spacial score (nSPS) is 17.3. The molecule has 4 amide bonds. The first kappa shape index (κ1) is 22.0. The molecule has 0 aliphatic carbocycles. The van der Waals surface area contributed by atoms with Gasteiger partial charge in [-0.15, -0.1) is 0 Å². The van der Waals surface area contributed by atoms with Crippen molar-refractivity contribution >= 4 is 55.5 Å². The van der Waals surface area contributed by atoms with E-state index in [-0.39, 0.29) is 23.6 Å². The number of imide groups is 2. The molecule has 0 aromatic rings. The first-order valence-corrected chi connectivity index (χ1v) is 11.0. The van der Waals surface area contributed by atoms with Gasteiger partial charge in [0.1, 0.15) is 0 Å². The van der Waals surface area contributed by atoms with E-state index in [1.807, 2.05) is 0 Å². The van der Waals surface area contributed by atoms with Gasteiger partial charge in [-0.2, -0.15) is 0 Å². The average Bonchev–Trinajstić information content (AvgIpc) is 3.01. The van der Waals surface area contributed by atoms with Gasteiger partial charge in [-0.3, -0.25) is 29.0 Å². The summed E-state index contributed by atoms with van der Waals surface area (Å²) in [5.74, 6) is -0.930. The number of carbonyl (C=O) groups excluding carboxylic acids is 4. The Balaban J connectivity index is 1.40. The van der Waals surface area contributed by atoms with Crippen LogP contribution in [0.3, 0.4) is 0 Å². The van der Waals surface area contributed by atoms with E-state index < -0.39 is 0 Å². The fourth-order valence-corrected chi connectivity index (χ4v) is 3.97. The van der Waals surface area contributed by atoms with Crippen molar-refractivity contribution in [2.75, 3.05) is 13.1 Å². The zero-order valence-electron chi connectivity index (χ0n) is 15.2. The second-order valence-electron chi connectivity index (χ2n) is 6.76. The van der Waals surface area contributed by atoms with E-state index in [1.54, 1.807) is 0 Å². The van der Waals surface area contributed by atoms with Crippen LogP contribution in [0, 0.1) is 0 Å². The summed E-state index contributed by atoms with van der Waals surface area (Å²) >= 11 is 6.18. The predicted molar refractivity (Wildman–Crippen MR) is 109 cm³/mol. The van der Waals surface area contributed by atoms with Crippen LogP contribution in [0.15, 0.2) is 21.1 Å². The first-order chi connectivity index (χ1) is 12.9. The third-order valence-corrected chi connectivity index (χ3v) is 5.83. The van der Waals surface area contributed by atoms with Gasteiger partial charge in [0.25, 0.3) is 23.6 Å². The molecule has 0 bridgehead atoms. The number of carbonyl (C=O) groups is 4. The van der Waals surface area contributed by atoms with Gasteiger partial charge in [0.15, 0.2) is 0 Å². The highest BCUT2D eigenvalue weighted by atomic mass is 79.9. The molecular formula is C19H24Br2N2O4. The fourth-order valence-electron chi connectivity index (χ4n) is 3.15. The molecule has 0 radical (unpaired) electrons. The molecule has 2 rings (SSSR count). The van der Waals surface area contributed by atoms with Crippen molar-refractivity contribution in [1.29, 1.82) is 0 Å². The van der Waals surface area contributed by atoms with Crippen LogP contribution >= 0.6 is 31.9 Å². The number of hydrogen-bond acceptors (Lipinski definition) is 4. The van der Waals surface area contributed by atoms with E-state index >= 15 is 0 Å². The number of rotatable bonds is 12. The molecular weight excluding hydrogens is 480 g/mol. The minimum atomic E-state index is -0.236. The minimum Gasteiger partial charge on any atom is -0.274 e. The highest BCUT2D eigenvalue weighted by Gasteiger charge is 2.29. The lowest BCUT2D eigenvalue weighted by molar-refractivity contribution is -0.138. The molecule has 2 heterocycles. The van der Waals surface area contributed by atoms with Crippen molar-refractivity contribution < 1.29 is 19.2 Å². The molecule has 0 saturated heterocycles. The van der Waals surface area contributed by atoms with Crippen LogP contribution in [-0.2, 0) is 19.2 Å². The van der Waals surface area contributed by atoms with Gasteiger partial charge in [0.2, 0.25) is 0 Å². The lowest BCUT2D eigenvalue weighted by atomic mass is 10.1. The quantitative estimate of drug-likeness (QED) is 0.300. The summed E-state index contributed by atoms with van der Waals surface area (Å²) in [6, 6.07) is 0. The van der Waals surface area contributed by atoms with E-state index in [2.05, 4.69) is 31.9 Å². The molecule has 2 aliphatic heterocycles. The third kappa shape index (κ3) is 6.38. The molecule has 0 N–H and O–H groups in total. The maximum absolute atomic E-state index is 11.7. The molecule has 0 unspecified atom stereocenters. The third-order valence-electron chi connectivity index (χ3n) is 4.69. The molecule has 148 valence electrons. The van der Waals surface area contributed by atoms with Crippen molar-refractivity contribution in [1.82, 2.24) is 9.80 Å². The molecule has 0 fully saturated rings. The summed E-state index contributed by atoms with van der Waals surface area (Å²) in [7, 11) is 0. The molecule has 0 aromatic carbocycles. The van der Waals surface area contributed by atoms with Gasteiger partial charge in [-0.05, 0) is 44.7 Å². The summed E-state index contributed by atoms with van der Waals surface area (Å²) in [6.45, 7) is 0.977. The van der Waals surface area contributed by atoms with Gasteiger partial charge in [0.05, 0.1) is 8.96 Å². The van der Waals surface area contributed by atoms with E-state index in [0.717, 1.165) is 57.8 Å². The Bertz CT molecular complexity index is 617. The number of amides is 4. The molecule has 27 heavy (non-hydrogen) atoms. The van der Waals surface area contributed by atoms with Crippen LogP contribution in [0.2, 0.25) is 0 Å². The van der Waals surface area contributed by atoms with Crippen LogP contribution in [0.1, 0.15) is 57.8 Å². The summed E-state index contributed by atoms with van der Waals surface area (Å²) in [6.07, 6.45) is 12.0. The van der Waals surface area contributed by atoms with Crippen LogP contribution in [0.5, 0.6) is 0 Å². The van der Waals surface area contributed by atoms with Gasteiger partial charge >= 0.3 is 0 Å². The smallest absolute Gasteiger partial charge is 0.267 e. The summed E-state index contributed by atoms with van der Waals surface area (Å²) < 4.78 is 0.685. The van der Waals surface area contributed by atoms with Gasteiger partial charge in [-0.1, -0.05) is 44.9 Å². The number of halogens is 2. The highest BCUT2D eigenvalue weighted by molar-refractivity contribution is 9.12. The van der Waals surface area contributed by atoms with Crippen LogP contribution in [-0.4, -0.2) is 46.5 Å².